The zero-order chi connectivity index (χ0) is 22.0. The summed E-state index contributed by atoms with van der Waals surface area (Å²) in [5.41, 5.74) is 3.48. The van der Waals surface area contributed by atoms with Crippen molar-refractivity contribution in [3.8, 4) is 0 Å². The second-order valence-corrected chi connectivity index (χ2v) is 10.7. The first-order valence-electron chi connectivity index (χ1n) is 10.2. The van der Waals surface area contributed by atoms with Gasteiger partial charge in [-0.05, 0) is 68.1 Å². The van der Waals surface area contributed by atoms with Gasteiger partial charge in [-0.1, -0.05) is 30.0 Å². The number of nitrogens with zero attached hydrogens (tertiary/aromatic N) is 2. The summed E-state index contributed by atoms with van der Waals surface area (Å²) in [5.74, 6) is 0.152. The van der Waals surface area contributed by atoms with E-state index >= 15 is 0 Å². The van der Waals surface area contributed by atoms with Crippen molar-refractivity contribution >= 4 is 44.3 Å². The van der Waals surface area contributed by atoms with Crippen LogP contribution in [-0.4, -0.2) is 42.5 Å². The Morgan fingerprint density at radius 1 is 1.06 bits per heavy atom. The van der Waals surface area contributed by atoms with Crippen molar-refractivity contribution < 1.29 is 13.2 Å². The molecular formula is C23H25N3O3S2. The Labute approximate surface area is 187 Å². The van der Waals surface area contributed by atoms with E-state index in [2.05, 4.69) is 10.3 Å². The summed E-state index contributed by atoms with van der Waals surface area (Å²) >= 11 is 1.36. The minimum atomic E-state index is -3.46. The van der Waals surface area contributed by atoms with Crippen molar-refractivity contribution in [2.75, 3.05) is 24.2 Å². The summed E-state index contributed by atoms with van der Waals surface area (Å²) in [4.78, 5) is 17.3. The molecule has 162 valence electrons. The van der Waals surface area contributed by atoms with Crippen LogP contribution in [0.15, 0.2) is 58.5 Å². The molecule has 31 heavy (non-hydrogen) atoms. The van der Waals surface area contributed by atoms with E-state index in [1.165, 1.54) is 11.8 Å². The second-order valence-electron chi connectivity index (χ2n) is 7.72. The Morgan fingerprint density at radius 3 is 2.55 bits per heavy atom. The average molecular weight is 456 g/mol. The number of amides is 1. The van der Waals surface area contributed by atoms with Crippen LogP contribution in [0.3, 0.4) is 0 Å². The van der Waals surface area contributed by atoms with Crippen molar-refractivity contribution in [3.05, 3.63) is 59.7 Å². The SMILES string of the molecule is Cc1ccccc1NC(=O)CSc1cc(C)c2cc(S(=O)(=O)N3CCCC3)ccc2n1. The minimum absolute atomic E-state index is 0.0918. The van der Waals surface area contributed by atoms with Gasteiger partial charge in [-0.3, -0.25) is 4.79 Å². The van der Waals surface area contributed by atoms with Crippen LogP contribution >= 0.6 is 11.8 Å². The molecule has 0 aliphatic carbocycles. The second kappa shape index (κ2) is 8.98. The van der Waals surface area contributed by atoms with Gasteiger partial charge in [0.25, 0.3) is 0 Å². The standard InChI is InChI=1S/C23H25N3O3S2/c1-16-7-3-4-8-20(16)24-22(27)15-30-23-13-17(2)19-14-18(9-10-21(19)25-23)31(28,29)26-11-5-6-12-26/h3-4,7-10,13-14H,5-6,11-12,15H2,1-2H3,(H,24,27). The number of nitrogens with one attached hydrogen (secondary N) is 1. The Bertz CT molecular complexity index is 1240. The van der Waals surface area contributed by atoms with Gasteiger partial charge >= 0.3 is 0 Å². The summed E-state index contributed by atoms with van der Waals surface area (Å²) in [7, 11) is -3.46. The molecule has 0 radical (unpaired) electrons. The van der Waals surface area contributed by atoms with Gasteiger partial charge in [0.2, 0.25) is 15.9 Å². The van der Waals surface area contributed by atoms with E-state index < -0.39 is 10.0 Å². The highest BCUT2D eigenvalue weighted by Gasteiger charge is 2.27. The molecule has 0 unspecified atom stereocenters. The molecule has 8 heteroatoms. The van der Waals surface area contributed by atoms with Crippen molar-refractivity contribution in [3.63, 3.8) is 0 Å². The highest BCUT2D eigenvalue weighted by atomic mass is 32.2. The number of pyridine rings is 1. The number of thioether (sulfide) groups is 1. The predicted molar refractivity (Wildman–Crippen MR) is 125 cm³/mol. The van der Waals surface area contributed by atoms with Crippen LogP contribution in [0.25, 0.3) is 10.9 Å². The lowest BCUT2D eigenvalue weighted by Gasteiger charge is -2.16. The molecule has 1 aliphatic heterocycles. The van der Waals surface area contributed by atoms with E-state index in [1.807, 2.05) is 44.2 Å². The monoisotopic (exact) mass is 455 g/mol. The molecule has 3 aromatic rings. The fraction of sp³-hybridized carbons (Fsp3) is 0.304. The molecule has 1 saturated heterocycles. The number of anilines is 1. The van der Waals surface area contributed by atoms with Crippen LogP contribution in [0.1, 0.15) is 24.0 Å². The van der Waals surface area contributed by atoms with E-state index in [0.717, 1.165) is 45.6 Å². The third kappa shape index (κ3) is 4.76. The first kappa shape index (κ1) is 21.8. The minimum Gasteiger partial charge on any atom is -0.325 e. The summed E-state index contributed by atoms with van der Waals surface area (Å²) in [6, 6.07) is 14.7. The van der Waals surface area contributed by atoms with Gasteiger partial charge < -0.3 is 5.32 Å². The van der Waals surface area contributed by atoms with Crippen LogP contribution < -0.4 is 5.32 Å². The largest absolute Gasteiger partial charge is 0.325 e. The number of aryl methyl sites for hydroxylation is 2. The lowest BCUT2D eigenvalue weighted by Crippen LogP contribution is -2.27. The topological polar surface area (TPSA) is 79.4 Å². The normalized spacial score (nSPS) is 14.8. The number of fused-ring (bicyclic) bond motifs is 1. The summed E-state index contributed by atoms with van der Waals surface area (Å²) in [5, 5.41) is 4.47. The molecule has 1 amide bonds. The van der Waals surface area contributed by atoms with Crippen molar-refractivity contribution in [2.24, 2.45) is 0 Å². The predicted octanol–water partition coefficient (Wildman–Crippen LogP) is 4.37. The maximum Gasteiger partial charge on any atom is 0.243 e. The average Bonchev–Trinajstić information content (AvgIpc) is 3.30. The van der Waals surface area contributed by atoms with Crippen LogP contribution in [0.2, 0.25) is 0 Å². The van der Waals surface area contributed by atoms with Crippen LogP contribution in [-0.2, 0) is 14.8 Å². The number of rotatable bonds is 6. The van der Waals surface area contributed by atoms with E-state index in [-0.39, 0.29) is 11.7 Å². The zero-order valence-corrected chi connectivity index (χ0v) is 19.2. The first-order valence-corrected chi connectivity index (χ1v) is 12.7. The third-order valence-corrected chi connectivity index (χ3v) is 8.24. The van der Waals surface area contributed by atoms with Gasteiger partial charge in [-0.15, -0.1) is 0 Å². The third-order valence-electron chi connectivity index (χ3n) is 5.44. The van der Waals surface area contributed by atoms with E-state index in [1.54, 1.807) is 22.5 Å². The Hall–Kier alpha value is -2.42. The number of hydrogen-bond acceptors (Lipinski definition) is 5. The van der Waals surface area contributed by atoms with E-state index in [9.17, 15) is 13.2 Å². The molecular weight excluding hydrogens is 430 g/mol. The smallest absolute Gasteiger partial charge is 0.243 e. The molecule has 6 nitrogen and oxygen atoms in total. The van der Waals surface area contributed by atoms with Gasteiger partial charge in [-0.2, -0.15) is 4.31 Å². The summed E-state index contributed by atoms with van der Waals surface area (Å²) < 4.78 is 27.3. The van der Waals surface area contributed by atoms with E-state index in [0.29, 0.717) is 18.0 Å². The van der Waals surface area contributed by atoms with Crippen LogP contribution in [0.5, 0.6) is 0 Å². The maximum atomic E-state index is 12.9. The quantitative estimate of drug-likeness (QED) is 0.559. The molecule has 1 fully saturated rings. The molecule has 0 saturated carbocycles. The van der Waals surface area contributed by atoms with Gasteiger partial charge in [0.05, 0.1) is 21.2 Å². The molecule has 1 aromatic heterocycles. The number of sulfonamides is 1. The Morgan fingerprint density at radius 2 is 1.81 bits per heavy atom. The molecule has 1 N–H and O–H groups in total. The number of aromatic nitrogens is 1. The Balaban J connectivity index is 1.50. The van der Waals surface area contributed by atoms with Gasteiger partial charge in [-0.25, -0.2) is 13.4 Å². The number of carbonyl (C=O) groups is 1. The van der Waals surface area contributed by atoms with Crippen molar-refractivity contribution in [2.45, 2.75) is 36.6 Å². The maximum absolute atomic E-state index is 12.9. The van der Waals surface area contributed by atoms with Gasteiger partial charge in [0, 0.05) is 24.2 Å². The number of para-hydroxylation sites is 1. The first-order chi connectivity index (χ1) is 14.8. The van der Waals surface area contributed by atoms with Gasteiger partial charge in [0.1, 0.15) is 0 Å². The molecule has 4 rings (SSSR count). The highest BCUT2D eigenvalue weighted by molar-refractivity contribution is 7.99. The van der Waals surface area contributed by atoms with Crippen LogP contribution in [0, 0.1) is 13.8 Å². The fourth-order valence-electron chi connectivity index (χ4n) is 3.69. The molecule has 0 bridgehead atoms. The van der Waals surface area contributed by atoms with Crippen LogP contribution in [0.4, 0.5) is 5.69 Å². The summed E-state index contributed by atoms with van der Waals surface area (Å²) in [6.45, 7) is 5.05. The number of benzene rings is 2. The molecule has 2 heterocycles. The molecule has 0 spiro atoms. The summed E-state index contributed by atoms with van der Waals surface area (Å²) in [6.07, 6.45) is 1.82. The Kier molecular flexibility index (Phi) is 6.31. The van der Waals surface area contributed by atoms with Crippen molar-refractivity contribution in [1.29, 1.82) is 0 Å². The lowest BCUT2D eigenvalue weighted by atomic mass is 10.1. The molecule has 0 atom stereocenters. The molecule has 2 aromatic carbocycles. The van der Waals surface area contributed by atoms with Gasteiger partial charge in [0.15, 0.2) is 0 Å². The number of hydrogen-bond donors (Lipinski definition) is 1. The fourth-order valence-corrected chi connectivity index (χ4v) is 6.01. The highest BCUT2D eigenvalue weighted by Crippen LogP contribution is 2.28. The molecule has 1 aliphatic rings. The lowest BCUT2D eigenvalue weighted by molar-refractivity contribution is -0.113. The van der Waals surface area contributed by atoms with Crippen molar-refractivity contribution in [1.82, 2.24) is 9.29 Å². The van der Waals surface area contributed by atoms with E-state index in [4.69, 9.17) is 0 Å². The number of carbonyl (C=O) groups excluding carboxylic acids is 1. The zero-order valence-electron chi connectivity index (χ0n) is 17.6.